The van der Waals surface area contributed by atoms with E-state index >= 15 is 0 Å². The number of nitrogens with zero attached hydrogens (tertiary/aromatic N) is 1. The zero-order chi connectivity index (χ0) is 14.5. The van der Waals surface area contributed by atoms with Gasteiger partial charge in [0.05, 0.1) is 5.02 Å². The maximum atomic E-state index is 13.2. The van der Waals surface area contributed by atoms with Crippen LogP contribution in [0.4, 0.5) is 10.1 Å². The van der Waals surface area contributed by atoms with Crippen LogP contribution in [0.5, 0.6) is 0 Å². The molecular weight excluding hydrogens is 283 g/mol. The highest BCUT2D eigenvalue weighted by Crippen LogP contribution is 2.18. The van der Waals surface area contributed by atoms with Crippen LogP contribution >= 0.6 is 11.6 Å². The van der Waals surface area contributed by atoms with Gasteiger partial charge in [-0.2, -0.15) is 0 Å². The predicted octanol–water partition coefficient (Wildman–Crippen LogP) is 2.67. The van der Waals surface area contributed by atoms with Crippen LogP contribution in [-0.2, 0) is 11.3 Å². The number of halogens is 2. The van der Waals surface area contributed by atoms with E-state index in [1.54, 1.807) is 18.3 Å². The molecule has 6 heteroatoms. The van der Waals surface area contributed by atoms with Gasteiger partial charge >= 0.3 is 0 Å². The summed E-state index contributed by atoms with van der Waals surface area (Å²) in [6.07, 6.45) is 1.73. The first-order valence-electron chi connectivity index (χ1n) is 5.96. The number of rotatable bonds is 4. The predicted molar refractivity (Wildman–Crippen MR) is 75.4 cm³/mol. The van der Waals surface area contributed by atoms with Crippen molar-refractivity contribution in [3.8, 4) is 0 Å². The standard InChI is InChI=1S/C14H12ClFN2O2/c15-11-5-4-10(9-12(11)16)17-13(19)6-8-18-7-2-1-3-14(18)20/h1-5,7,9H,6,8H2,(H,17,19). The van der Waals surface area contributed by atoms with Crippen LogP contribution in [0.1, 0.15) is 6.42 Å². The zero-order valence-corrected chi connectivity index (χ0v) is 11.2. The van der Waals surface area contributed by atoms with E-state index in [-0.39, 0.29) is 29.5 Å². The fourth-order valence-electron chi connectivity index (χ4n) is 1.66. The summed E-state index contributed by atoms with van der Waals surface area (Å²) in [5, 5.41) is 2.55. The van der Waals surface area contributed by atoms with Crippen molar-refractivity contribution < 1.29 is 9.18 Å². The Labute approximate surface area is 119 Å². The van der Waals surface area contributed by atoms with Crippen LogP contribution in [0.2, 0.25) is 5.02 Å². The van der Waals surface area contributed by atoms with Crippen LogP contribution in [0.15, 0.2) is 47.4 Å². The van der Waals surface area contributed by atoms with Gasteiger partial charge in [0.15, 0.2) is 0 Å². The van der Waals surface area contributed by atoms with Crippen molar-refractivity contribution in [1.29, 1.82) is 0 Å². The maximum absolute atomic E-state index is 13.2. The Morgan fingerprint density at radius 3 is 2.80 bits per heavy atom. The fourth-order valence-corrected chi connectivity index (χ4v) is 1.78. The molecular formula is C14H12ClFN2O2. The Balaban J connectivity index is 1.94. The van der Waals surface area contributed by atoms with Gasteiger partial charge in [-0.25, -0.2) is 4.39 Å². The number of aromatic nitrogens is 1. The van der Waals surface area contributed by atoms with Gasteiger partial charge in [0.25, 0.3) is 5.56 Å². The second-order valence-corrected chi connectivity index (χ2v) is 4.57. The molecule has 104 valence electrons. The molecule has 0 spiro atoms. The van der Waals surface area contributed by atoms with Crippen molar-refractivity contribution in [2.24, 2.45) is 0 Å². The fraction of sp³-hybridized carbons (Fsp3) is 0.143. The molecule has 1 N–H and O–H groups in total. The van der Waals surface area contributed by atoms with Crippen LogP contribution in [0.25, 0.3) is 0 Å². The number of nitrogens with one attached hydrogen (secondary N) is 1. The summed E-state index contributed by atoms with van der Waals surface area (Å²) in [5.41, 5.74) is 0.162. The van der Waals surface area contributed by atoms with E-state index in [2.05, 4.69) is 5.32 Å². The summed E-state index contributed by atoms with van der Waals surface area (Å²) in [6.45, 7) is 0.265. The van der Waals surface area contributed by atoms with Crippen molar-refractivity contribution in [2.75, 3.05) is 5.32 Å². The van der Waals surface area contributed by atoms with Gasteiger partial charge in [-0.3, -0.25) is 9.59 Å². The summed E-state index contributed by atoms with van der Waals surface area (Å²) in [7, 11) is 0. The Hall–Kier alpha value is -2.14. The van der Waals surface area contributed by atoms with Gasteiger partial charge in [-0.1, -0.05) is 17.7 Å². The molecule has 0 bridgehead atoms. The smallest absolute Gasteiger partial charge is 0.250 e. The number of pyridine rings is 1. The lowest BCUT2D eigenvalue weighted by Gasteiger charge is -2.07. The molecule has 0 fully saturated rings. The molecule has 2 aromatic rings. The van der Waals surface area contributed by atoms with Crippen molar-refractivity contribution in [3.05, 3.63) is 63.8 Å². The molecule has 4 nitrogen and oxygen atoms in total. The Kier molecular flexibility index (Phi) is 4.53. The summed E-state index contributed by atoms with van der Waals surface area (Å²) in [4.78, 5) is 23.2. The number of amides is 1. The third-order valence-corrected chi connectivity index (χ3v) is 2.99. The molecule has 20 heavy (non-hydrogen) atoms. The van der Waals surface area contributed by atoms with E-state index in [1.807, 2.05) is 0 Å². The van der Waals surface area contributed by atoms with Gasteiger partial charge in [0, 0.05) is 30.9 Å². The average molecular weight is 295 g/mol. The molecule has 1 amide bonds. The minimum Gasteiger partial charge on any atom is -0.326 e. The number of anilines is 1. The number of hydrogen-bond donors (Lipinski definition) is 1. The first-order chi connectivity index (χ1) is 9.56. The molecule has 0 atom stereocenters. The first kappa shape index (κ1) is 14.3. The highest BCUT2D eigenvalue weighted by molar-refractivity contribution is 6.30. The molecule has 1 aromatic heterocycles. The minimum absolute atomic E-state index is 0.00108. The van der Waals surface area contributed by atoms with Crippen LogP contribution < -0.4 is 10.9 Å². The molecule has 0 aliphatic carbocycles. The zero-order valence-electron chi connectivity index (χ0n) is 10.5. The van der Waals surface area contributed by atoms with Crippen molar-refractivity contribution in [2.45, 2.75) is 13.0 Å². The van der Waals surface area contributed by atoms with Crippen molar-refractivity contribution >= 4 is 23.2 Å². The summed E-state index contributed by atoms with van der Waals surface area (Å²) in [6, 6.07) is 8.80. The molecule has 0 aliphatic heterocycles. The van der Waals surface area contributed by atoms with E-state index in [1.165, 1.54) is 22.8 Å². The molecule has 0 radical (unpaired) electrons. The van der Waals surface area contributed by atoms with Gasteiger partial charge in [0.1, 0.15) is 5.82 Å². The second-order valence-electron chi connectivity index (χ2n) is 4.16. The summed E-state index contributed by atoms with van der Waals surface area (Å²) in [5.74, 6) is -0.897. The molecule has 1 aromatic carbocycles. The number of benzene rings is 1. The Bertz CT molecular complexity index is 685. The molecule has 0 saturated carbocycles. The van der Waals surface area contributed by atoms with E-state index < -0.39 is 5.82 Å². The normalized spacial score (nSPS) is 10.3. The number of aryl methyl sites for hydroxylation is 1. The van der Waals surface area contributed by atoms with E-state index in [4.69, 9.17) is 11.6 Å². The minimum atomic E-state index is -0.594. The van der Waals surface area contributed by atoms with Gasteiger partial charge in [-0.15, -0.1) is 0 Å². The molecule has 0 aliphatic rings. The Morgan fingerprint density at radius 2 is 2.10 bits per heavy atom. The van der Waals surface area contributed by atoms with Crippen LogP contribution in [0, 0.1) is 5.82 Å². The number of carbonyl (C=O) groups excluding carboxylic acids is 1. The number of carbonyl (C=O) groups is 1. The lowest BCUT2D eigenvalue weighted by Crippen LogP contribution is -2.21. The van der Waals surface area contributed by atoms with Gasteiger partial charge in [-0.05, 0) is 24.3 Å². The van der Waals surface area contributed by atoms with E-state index in [9.17, 15) is 14.0 Å². The quantitative estimate of drug-likeness (QED) is 0.942. The van der Waals surface area contributed by atoms with E-state index in [0.717, 1.165) is 6.07 Å². The lowest BCUT2D eigenvalue weighted by atomic mass is 10.3. The van der Waals surface area contributed by atoms with E-state index in [0.29, 0.717) is 5.69 Å². The highest BCUT2D eigenvalue weighted by atomic mass is 35.5. The SMILES string of the molecule is O=C(CCn1ccccc1=O)Nc1ccc(Cl)c(F)c1. The largest absolute Gasteiger partial charge is 0.326 e. The monoisotopic (exact) mass is 294 g/mol. The summed E-state index contributed by atoms with van der Waals surface area (Å²) >= 11 is 5.55. The van der Waals surface area contributed by atoms with Crippen LogP contribution in [-0.4, -0.2) is 10.5 Å². The number of hydrogen-bond acceptors (Lipinski definition) is 2. The highest BCUT2D eigenvalue weighted by Gasteiger charge is 2.06. The maximum Gasteiger partial charge on any atom is 0.250 e. The topological polar surface area (TPSA) is 51.1 Å². The first-order valence-corrected chi connectivity index (χ1v) is 6.34. The summed E-state index contributed by atoms with van der Waals surface area (Å²) < 4.78 is 14.6. The van der Waals surface area contributed by atoms with Crippen molar-refractivity contribution in [3.63, 3.8) is 0 Å². The van der Waals surface area contributed by atoms with Gasteiger partial charge in [0.2, 0.25) is 5.91 Å². The van der Waals surface area contributed by atoms with Crippen molar-refractivity contribution in [1.82, 2.24) is 4.57 Å². The third-order valence-electron chi connectivity index (χ3n) is 2.68. The molecule has 1 heterocycles. The average Bonchev–Trinajstić information content (AvgIpc) is 2.42. The Morgan fingerprint density at radius 1 is 1.30 bits per heavy atom. The van der Waals surface area contributed by atoms with Crippen LogP contribution in [0.3, 0.4) is 0 Å². The molecule has 0 saturated heterocycles. The molecule has 2 rings (SSSR count). The lowest BCUT2D eigenvalue weighted by molar-refractivity contribution is -0.116. The second kappa shape index (κ2) is 6.34. The molecule has 0 unspecified atom stereocenters. The third kappa shape index (κ3) is 3.68. The van der Waals surface area contributed by atoms with Gasteiger partial charge < -0.3 is 9.88 Å².